The van der Waals surface area contributed by atoms with Crippen molar-refractivity contribution in [2.45, 2.75) is 56.3 Å². The van der Waals surface area contributed by atoms with E-state index in [1.165, 1.54) is 19.2 Å². The van der Waals surface area contributed by atoms with Crippen LogP contribution in [0.4, 0.5) is 14.9 Å². The zero-order chi connectivity index (χ0) is 23.5. The number of carbonyl (C=O) groups excluding carboxylic acids is 1. The Hall–Kier alpha value is -2.39. The van der Waals surface area contributed by atoms with Crippen LogP contribution >= 0.6 is 11.3 Å². The fourth-order valence-corrected chi connectivity index (χ4v) is 4.58. The van der Waals surface area contributed by atoms with E-state index in [4.69, 9.17) is 0 Å². The van der Waals surface area contributed by atoms with Crippen molar-refractivity contribution >= 4 is 33.7 Å². The summed E-state index contributed by atoms with van der Waals surface area (Å²) in [5, 5.41) is 31.2. The number of aliphatic hydroxyl groups is 2. The number of hydrogen-bond donors (Lipinski definition) is 3. The Labute approximate surface area is 186 Å². The molecular weight excluding hydrogens is 443 g/mol. The van der Waals surface area contributed by atoms with Crippen LogP contribution in [0.15, 0.2) is 20.8 Å². The summed E-state index contributed by atoms with van der Waals surface area (Å²) in [6.07, 6.45) is 1.21. The van der Waals surface area contributed by atoms with Crippen LogP contribution in [-0.2, 0) is 20.4 Å². The lowest BCUT2D eigenvalue weighted by Gasteiger charge is -2.21. The summed E-state index contributed by atoms with van der Waals surface area (Å²) < 4.78 is 31.0. The second kappa shape index (κ2) is 9.82. The maximum Gasteiger partial charge on any atom is 0.322 e. The van der Waals surface area contributed by atoms with E-state index in [-0.39, 0.29) is 37.9 Å². The third-order valence-electron chi connectivity index (χ3n) is 4.47. The third kappa shape index (κ3) is 5.46. The molecule has 1 heterocycles. The first-order valence-electron chi connectivity index (χ1n) is 9.43. The van der Waals surface area contributed by atoms with Gasteiger partial charge in [0.2, 0.25) is 0 Å². The monoisotopic (exact) mass is 467 g/mol. The maximum atomic E-state index is 14.8. The highest BCUT2D eigenvalue weighted by Gasteiger charge is 2.25. The van der Waals surface area contributed by atoms with Crippen molar-refractivity contribution < 1.29 is 23.6 Å². The van der Waals surface area contributed by atoms with E-state index < -0.39 is 34.7 Å². The molecule has 0 saturated heterocycles. The molecule has 3 N–H and O–H groups in total. The molecule has 0 aliphatic rings. The Morgan fingerprint density at radius 3 is 2.58 bits per heavy atom. The molecule has 0 fully saturated rings. The second-order valence-electron chi connectivity index (χ2n) is 7.72. The molecule has 2 rings (SSSR count). The van der Waals surface area contributed by atoms with Crippen molar-refractivity contribution in [2.75, 3.05) is 11.9 Å². The Morgan fingerprint density at radius 1 is 1.42 bits per heavy atom. The molecule has 31 heavy (non-hydrogen) atoms. The molecule has 0 aliphatic heterocycles. The summed E-state index contributed by atoms with van der Waals surface area (Å²) in [6.45, 7) is 7.93. The maximum absolute atomic E-state index is 14.8. The van der Waals surface area contributed by atoms with Gasteiger partial charge in [-0.3, -0.25) is 0 Å². The van der Waals surface area contributed by atoms with Gasteiger partial charge in [-0.2, -0.15) is 5.26 Å². The molecule has 1 aromatic carbocycles. The van der Waals surface area contributed by atoms with Gasteiger partial charge >= 0.3 is 6.03 Å². The minimum Gasteiger partial charge on any atom is -0.439 e. The van der Waals surface area contributed by atoms with Crippen LogP contribution in [0.3, 0.4) is 0 Å². The van der Waals surface area contributed by atoms with E-state index in [1.807, 2.05) is 19.9 Å². The van der Waals surface area contributed by atoms with Crippen molar-refractivity contribution in [3.8, 4) is 6.07 Å². The van der Waals surface area contributed by atoms with Crippen molar-refractivity contribution in [1.29, 1.82) is 5.26 Å². The average molecular weight is 468 g/mol. The molecule has 1 atom stereocenters. The number of nitriles is 1. The van der Waals surface area contributed by atoms with Gasteiger partial charge in [-0.05, 0) is 34.6 Å². The number of hydrogen-bond acceptors (Lipinski definition) is 8. The minimum atomic E-state index is -2.12. The Balaban J connectivity index is 2.45. The zero-order valence-electron chi connectivity index (χ0n) is 17.8. The molecule has 2 amide bonds. The largest absolute Gasteiger partial charge is 0.439 e. The van der Waals surface area contributed by atoms with Crippen molar-refractivity contribution in [2.24, 2.45) is 4.36 Å². The summed E-state index contributed by atoms with van der Waals surface area (Å²) >= 11 is 0.853. The van der Waals surface area contributed by atoms with E-state index >= 15 is 0 Å². The Morgan fingerprint density at radius 2 is 2.06 bits per heavy atom. The normalized spacial score (nSPS) is 14.5. The fraction of sp³-hybridized carbons (Fsp3) is 0.450. The first kappa shape index (κ1) is 24.9. The van der Waals surface area contributed by atoms with Crippen LogP contribution in [0.1, 0.15) is 68.2 Å². The van der Waals surface area contributed by atoms with Gasteiger partial charge in [0.1, 0.15) is 22.5 Å². The van der Waals surface area contributed by atoms with Gasteiger partial charge < -0.3 is 24.1 Å². The highest BCUT2D eigenvalue weighted by Crippen LogP contribution is 2.36. The first-order chi connectivity index (χ1) is 14.4. The smallest absolute Gasteiger partial charge is 0.322 e. The number of rotatable bonds is 6. The lowest BCUT2D eigenvalue weighted by Crippen LogP contribution is -2.25. The second-order valence-corrected chi connectivity index (χ2v) is 10.1. The highest BCUT2D eigenvalue weighted by molar-refractivity contribution is 7.78. The van der Waals surface area contributed by atoms with E-state index in [9.17, 15) is 28.9 Å². The molecule has 0 bridgehead atoms. The van der Waals surface area contributed by atoms with E-state index in [0.717, 1.165) is 11.3 Å². The number of nitrogens with zero attached hydrogens (tertiary/aromatic N) is 3. The highest BCUT2D eigenvalue weighted by atomic mass is 32.2. The summed E-state index contributed by atoms with van der Waals surface area (Å²) in [4.78, 5) is 16.4. The number of halogens is 1. The molecule has 0 saturated carbocycles. The number of amides is 2. The summed E-state index contributed by atoms with van der Waals surface area (Å²) in [7, 11) is -2.12. The van der Waals surface area contributed by atoms with Crippen molar-refractivity contribution in [3.05, 3.63) is 39.8 Å². The Bertz CT molecular complexity index is 1110. The molecule has 0 radical (unpaired) electrons. The van der Waals surface area contributed by atoms with Crippen molar-refractivity contribution in [1.82, 2.24) is 4.98 Å². The molecule has 2 aromatic rings. The minimum absolute atomic E-state index is 0.109. The number of benzene rings is 1. The lowest BCUT2D eigenvalue weighted by molar-refractivity contribution is -0.00244. The number of urea groups is 1. The lowest BCUT2D eigenvalue weighted by atomic mass is 9.90. The number of aromatic nitrogens is 1. The Kier molecular flexibility index (Phi) is 7.88. The topological polar surface area (TPSA) is 136 Å². The molecule has 1 unspecified atom stereocenters. The standard InChI is InChI=1S/C20H24FN4O4S2/c1-10(2)13-6-12(7-22)16(21)15(11(3)4)17(13)24-19(27)25-31(29)14-8-23-18(30-14)20(5,28)9-26/h6,8,10-11,26,28H,9H2,1-5H3,(H,24,27)/q-1. The summed E-state index contributed by atoms with van der Waals surface area (Å²) in [5.74, 6) is -1.18. The van der Waals surface area contributed by atoms with Gasteiger partial charge in [0.05, 0.1) is 17.9 Å². The average Bonchev–Trinajstić information content (AvgIpc) is 3.19. The van der Waals surface area contributed by atoms with Gasteiger partial charge in [-0.15, -0.1) is 21.9 Å². The fourth-order valence-electron chi connectivity index (χ4n) is 2.83. The summed E-state index contributed by atoms with van der Waals surface area (Å²) in [6, 6.07) is 2.28. The molecule has 168 valence electrons. The van der Waals surface area contributed by atoms with Gasteiger partial charge in [0, 0.05) is 11.8 Å². The third-order valence-corrected chi connectivity index (χ3v) is 6.98. The predicted molar refractivity (Wildman–Crippen MR) is 116 cm³/mol. The predicted octanol–water partition coefficient (Wildman–Crippen LogP) is 4.34. The molecular formula is C20H24FN4O4S2-. The van der Waals surface area contributed by atoms with E-state index in [0.29, 0.717) is 5.56 Å². The van der Waals surface area contributed by atoms with Gasteiger partial charge in [0.25, 0.3) is 0 Å². The van der Waals surface area contributed by atoms with Crippen LogP contribution in [0, 0.1) is 17.1 Å². The number of nitrogens with one attached hydrogen (secondary N) is 1. The van der Waals surface area contributed by atoms with Crippen LogP contribution < -0.4 is 5.32 Å². The van der Waals surface area contributed by atoms with E-state index in [1.54, 1.807) is 13.8 Å². The number of thiazole rings is 1. The molecule has 8 nitrogen and oxygen atoms in total. The number of carbonyl (C=O) groups is 1. The van der Waals surface area contributed by atoms with Gasteiger partial charge in [0.15, 0.2) is 0 Å². The molecule has 11 heteroatoms. The molecule has 0 aliphatic carbocycles. The first-order valence-corrected chi connectivity index (χ1v) is 11.4. The quantitative estimate of drug-likeness (QED) is 0.541. The summed E-state index contributed by atoms with van der Waals surface area (Å²) in [5.41, 5.74) is -0.765. The van der Waals surface area contributed by atoms with Gasteiger partial charge in [-0.25, -0.2) is 14.2 Å². The SMILES string of the molecule is CC(C)c1cc(C#N)c(F)c(C(C)C)c1NC(=O)N=[S-](=O)c1cnc(C(C)(O)CO)s1. The molecule has 1 aromatic heterocycles. The van der Waals surface area contributed by atoms with Crippen molar-refractivity contribution in [3.63, 3.8) is 0 Å². The van der Waals surface area contributed by atoms with E-state index in [2.05, 4.69) is 14.7 Å². The zero-order valence-corrected chi connectivity index (χ0v) is 19.4. The van der Waals surface area contributed by atoms with Crippen LogP contribution in [0.5, 0.6) is 0 Å². The number of aliphatic hydroxyl groups excluding tert-OH is 1. The van der Waals surface area contributed by atoms with Crippen LogP contribution in [0.2, 0.25) is 0 Å². The van der Waals surface area contributed by atoms with Crippen LogP contribution in [-0.4, -0.2) is 27.8 Å². The van der Waals surface area contributed by atoms with Gasteiger partial charge in [-0.1, -0.05) is 27.7 Å². The van der Waals surface area contributed by atoms with Crippen LogP contribution in [0.25, 0.3) is 0 Å². The molecule has 0 spiro atoms. The number of anilines is 1.